The number of hydrogen-bond acceptors (Lipinski definition) is 3. The van der Waals surface area contributed by atoms with E-state index in [0.29, 0.717) is 19.3 Å². The van der Waals surface area contributed by atoms with Crippen molar-refractivity contribution >= 4 is 6.03 Å². The van der Waals surface area contributed by atoms with Gasteiger partial charge in [0.15, 0.2) is 0 Å². The Morgan fingerprint density at radius 1 is 1.12 bits per heavy atom. The van der Waals surface area contributed by atoms with Gasteiger partial charge in [-0.3, -0.25) is 4.90 Å². The lowest BCUT2D eigenvalue weighted by atomic mass is 10.3. The standard InChI is InChI=1S/C12H21N3O2/c16-12(14-5-7-17-8-6-14)13-10-3-4-15(9-10)11-1-2-11/h10-11H,1-9H2,(H,13,16). The van der Waals surface area contributed by atoms with Crippen molar-refractivity contribution in [2.45, 2.75) is 31.3 Å². The molecule has 0 aromatic carbocycles. The monoisotopic (exact) mass is 239 g/mol. The molecule has 1 aliphatic carbocycles. The Labute approximate surface area is 102 Å². The van der Waals surface area contributed by atoms with Crippen molar-refractivity contribution in [3.05, 3.63) is 0 Å². The first-order chi connectivity index (χ1) is 8.33. The van der Waals surface area contributed by atoms with Gasteiger partial charge in [0.2, 0.25) is 0 Å². The maximum absolute atomic E-state index is 12.0. The summed E-state index contributed by atoms with van der Waals surface area (Å²) >= 11 is 0. The predicted molar refractivity (Wildman–Crippen MR) is 63.9 cm³/mol. The Hall–Kier alpha value is -0.810. The summed E-state index contributed by atoms with van der Waals surface area (Å²) in [5, 5.41) is 3.15. The average molecular weight is 239 g/mol. The second-order valence-corrected chi connectivity index (χ2v) is 5.26. The zero-order chi connectivity index (χ0) is 11.7. The second kappa shape index (κ2) is 4.82. The third kappa shape index (κ3) is 2.72. The summed E-state index contributed by atoms with van der Waals surface area (Å²) in [6.45, 7) is 4.99. The van der Waals surface area contributed by atoms with E-state index in [0.717, 1.165) is 38.6 Å². The van der Waals surface area contributed by atoms with Gasteiger partial charge in [0.1, 0.15) is 0 Å². The molecule has 5 nitrogen and oxygen atoms in total. The summed E-state index contributed by atoms with van der Waals surface area (Å²) < 4.78 is 5.25. The first-order valence-electron chi connectivity index (χ1n) is 6.70. The number of hydrogen-bond donors (Lipinski definition) is 1. The Kier molecular flexibility index (Phi) is 3.20. The molecule has 3 rings (SSSR count). The molecule has 2 heterocycles. The average Bonchev–Trinajstić information content (AvgIpc) is 3.12. The zero-order valence-electron chi connectivity index (χ0n) is 10.2. The lowest BCUT2D eigenvalue weighted by molar-refractivity contribution is 0.0525. The number of morpholine rings is 1. The van der Waals surface area contributed by atoms with Crippen molar-refractivity contribution < 1.29 is 9.53 Å². The van der Waals surface area contributed by atoms with Crippen molar-refractivity contribution in [1.29, 1.82) is 0 Å². The van der Waals surface area contributed by atoms with Crippen LogP contribution in [-0.4, -0.2) is 67.3 Å². The summed E-state index contributed by atoms with van der Waals surface area (Å²) in [6.07, 6.45) is 3.81. The third-order valence-electron chi connectivity index (χ3n) is 3.91. The van der Waals surface area contributed by atoms with Crippen molar-refractivity contribution in [3.8, 4) is 0 Å². The van der Waals surface area contributed by atoms with Gasteiger partial charge in [-0.05, 0) is 19.3 Å². The number of amides is 2. The number of rotatable bonds is 2. The highest BCUT2D eigenvalue weighted by Crippen LogP contribution is 2.29. The number of likely N-dealkylation sites (tertiary alicyclic amines) is 1. The zero-order valence-corrected chi connectivity index (χ0v) is 10.2. The predicted octanol–water partition coefficient (Wildman–Crippen LogP) is 0.265. The number of urea groups is 1. The molecule has 2 saturated heterocycles. The van der Waals surface area contributed by atoms with Crippen molar-refractivity contribution in [3.63, 3.8) is 0 Å². The number of nitrogens with zero attached hydrogens (tertiary/aromatic N) is 2. The van der Waals surface area contributed by atoms with Crippen molar-refractivity contribution in [1.82, 2.24) is 15.1 Å². The molecular weight excluding hydrogens is 218 g/mol. The molecule has 1 atom stereocenters. The van der Waals surface area contributed by atoms with Crippen molar-refractivity contribution in [2.75, 3.05) is 39.4 Å². The summed E-state index contributed by atoms with van der Waals surface area (Å²) in [4.78, 5) is 16.4. The van der Waals surface area contributed by atoms with E-state index in [1.165, 1.54) is 12.8 Å². The largest absolute Gasteiger partial charge is 0.378 e. The van der Waals surface area contributed by atoms with Crippen LogP contribution in [0.15, 0.2) is 0 Å². The van der Waals surface area contributed by atoms with Gasteiger partial charge in [0, 0.05) is 38.3 Å². The summed E-state index contributed by atoms with van der Waals surface area (Å²) in [5.74, 6) is 0. The first kappa shape index (κ1) is 11.3. The van der Waals surface area contributed by atoms with Crippen LogP contribution in [0.1, 0.15) is 19.3 Å². The SMILES string of the molecule is O=C(NC1CCN(C2CC2)C1)N1CCOCC1. The molecule has 0 spiro atoms. The van der Waals surface area contributed by atoms with Gasteiger partial charge in [0.05, 0.1) is 13.2 Å². The van der Waals surface area contributed by atoms with Crippen LogP contribution in [0, 0.1) is 0 Å². The minimum absolute atomic E-state index is 0.0935. The van der Waals surface area contributed by atoms with Gasteiger partial charge in [-0.15, -0.1) is 0 Å². The van der Waals surface area contributed by atoms with Gasteiger partial charge in [-0.1, -0.05) is 0 Å². The van der Waals surface area contributed by atoms with Gasteiger partial charge < -0.3 is 15.0 Å². The lowest BCUT2D eigenvalue weighted by Gasteiger charge is -2.28. The Morgan fingerprint density at radius 2 is 1.88 bits per heavy atom. The molecule has 1 unspecified atom stereocenters. The van der Waals surface area contributed by atoms with Crippen LogP contribution < -0.4 is 5.32 Å². The normalized spacial score (nSPS) is 30.6. The Bertz CT molecular complexity index is 287. The molecule has 5 heteroatoms. The van der Waals surface area contributed by atoms with Crippen LogP contribution >= 0.6 is 0 Å². The van der Waals surface area contributed by atoms with Crippen LogP contribution in [-0.2, 0) is 4.74 Å². The number of carbonyl (C=O) groups is 1. The fourth-order valence-corrected chi connectivity index (χ4v) is 2.71. The van der Waals surface area contributed by atoms with Crippen LogP contribution in [0.4, 0.5) is 4.79 Å². The molecule has 0 aromatic rings. The summed E-state index contributed by atoms with van der Waals surface area (Å²) in [7, 11) is 0. The van der Waals surface area contributed by atoms with Gasteiger partial charge in [0.25, 0.3) is 0 Å². The van der Waals surface area contributed by atoms with Crippen LogP contribution in [0.2, 0.25) is 0 Å². The van der Waals surface area contributed by atoms with Crippen LogP contribution in [0.25, 0.3) is 0 Å². The highest BCUT2D eigenvalue weighted by Gasteiger charge is 2.35. The molecule has 17 heavy (non-hydrogen) atoms. The van der Waals surface area contributed by atoms with E-state index >= 15 is 0 Å². The van der Waals surface area contributed by atoms with Crippen molar-refractivity contribution in [2.24, 2.45) is 0 Å². The van der Waals surface area contributed by atoms with E-state index in [2.05, 4.69) is 10.2 Å². The Morgan fingerprint density at radius 3 is 2.59 bits per heavy atom. The fourth-order valence-electron chi connectivity index (χ4n) is 2.71. The molecule has 2 aliphatic heterocycles. The topological polar surface area (TPSA) is 44.8 Å². The summed E-state index contributed by atoms with van der Waals surface area (Å²) in [5.41, 5.74) is 0. The molecule has 1 N–H and O–H groups in total. The first-order valence-corrected chi connectivity index (χ1v) is 6.70. The van der Waals surface area contributed by atoms with E-state index in [-0.39, 0.29) is 6.03 Å². The maximum atomic E-state index is 12.0. The van der Waals surface area contributed by atoms with E-state index in [1.54, 1.807) is 0 Å². The van der Waals surface area contributed by atoms with E-state index < -0.39 is 0 Å². The molecule has 2 amide bonds. The van der Waals surface area contributed by atoms with E-state index in [1.807, 2.05) is 4.90 Å². The maximum Gasteiger partial charge on any atom is 0.317 e. The molecule has 3 aliphatic rings. The van der Waals surface area contributed by atoms with Gasteiger partial charge in [-0.25, -0.2) is 4.79 Å². The summed E-state index contributed by atoms with van der Waals surface area (Å²) in [6, 6.07) is 1.27. The molecule has 96 valence electrons. The lowest BCUT2D eigenvalue weighted by Crippen LogP contribution is -2.49. The number of ether oxygens (including phenoxy) is 1. The number of nitrogens with one attached hydrogen (secondary N) is 1. The minimum Gasteiger partial charge on any atom is -0.378 e. The number of carbonyl (C=O) groups excluding carboxylic acids is 1. The molecule has 3 fully saturated rings. The Balaban J connectivity index is 1.44. The second-order valence-electron chi connectivity index (χ2n) is 5.26. The van der Waals surface area contributed by atoms with E-state index in [9.17, 15) is 4.79 Å². The molecular formula is C12H21N3O2. The smallest absolute Gasteiger partial charge is 0.317 e. The third-order valence-corrected chi connectivity index (χ3v) is 3.91. The van der Waals surface area contributed by atoms with Gasteiger partial charge in [-0.2, -0.15) is 0 Å². The highest BCUT2D eigenvalue weighted by molar-refractivity contribution is 5.74. The molecule has 0 bridgehead atoms. The van der Waals surface area contributed by atoms with Crippen LogP contribution in [0.3, 0.4) is 0 Å². The fraction of sp³-hybridized carbons (Fsp3) is 0.917. The minimum atomic E-state index is 0.0935. The quantitative estimate of drug-likeness (QED) is 0.752. The molecule has 0 aromatic heterocycles. The molecule has 0 radical (unpaired) electrons. The van der Waals surface area contributed by atoms with E-state index in [4.69, 9.17) is 4.74 Å². The highest BCUT2D eigenvalue weighted by atomic mass is 16.5. The van der Waals surface area contributed by atoms with Crippen LogP contribution in [0.5, 0.6) is 0 Å². The van der Waals surface area contributed by atoms with Gasteiger partial charge >= 0.3 is 6.03 Å². The molecule has 1 saturated carbocycles.